The molecule has 2 saturated heterocycles. The van der Waals surface area contributed by atoms with Crippen molar-refractivity contribution in [1.29, 1.82) is 0 Å². The van der Waals surface area contributed by atoms with Gasteiger partial charge in [0.15, 0.2) is 0 Å². The summed E-state index contributed by atoms with van der Waals surface area (Å²) >= 11 is 0. The van der Waals surface area contributed by atoms with E-state index in [1.807, 2.05) is 4.90 Å². The van der Waals surface area contributed by atoms with Crippen LogP contribution in [0.15, 0.2) is 36.9 Å². The minimum absolute atomic E-state index is 0.00238. The number of ether oxygens (including phenoxy) is 1. The molecule has 6 rings (SSSR count). The lowest BCUT2D eigenvalue weighted by Gasteiger charge is -2.46. The molecular weight excluding hydrogens is 500 g/mol. The standard InChI is InChI=1S/C32H44N6O2/c1-5-30(39)36-19-22(2)38(23(3)20-36)31-27-15-14-25(37-17-8-11-24-10-6-7-13-29(24)37)18-28(27)33-32(34-31)40-21-26-12-9-16-35(26)4/h5-7,10,13,22-23,25-26H,1,8-9,11-12,14-21H2,2-4H3/t22-,23-,25-,26-/m0/s1. The lowest BCUT2D eigenvalue weighted by molar-refractivity contribution is -0.127. The second-order valence-electron chi connectivity index (χ2n) is 12.2. The average molecular weight is 545 g/mol. The van der Waals surface area contributed by atoms with Crippen molar-refractivity contribution in [3.05, 3.63) is 53.7 Å². The molecule has 4 heterocycles. The van der Waals surface area contributed by atoms with Crippen molar-refractivity contribution < 1.29 is 9.53 Å². The third kappa shape index (κ3) is 5.18. The second kappa shape index (κ2) is 11.4. The Bertz CT molecular complexity index is 1240. The van der Waals surface area contributed by atoms with E-state index in [2.05, 4.69) is 66.4 Å². The van der Waals surface area contributed by atoms with Crippen LogP contribution in [0, 0.1) is 0 Å². The van der Waals surface area contributed by atoms with E-state index in [9.17, 15) is 4.79 Å². The number of aryl methyl sites for hydroxylation is 1. The molecule has 40 heavy (non-hydrogen) atoms. The van der Waals surface area contributed by atoms with Crippen LogP contribution in [0.25, 0.3) is 0 Å². The van der Waals surface area contributed by atoms with Crippen LogP contribution in [0.1, 0.15) is 56.4 Å². The molecule has 0 spiro atoms. The summed E-state index contributed by atoms with van der Waals surface area (Å²) in [6.07, 6.45) is 9.07. The Hall–Kier alpha value is -3.13. The van der Waals surface area contributed by atoms with Crippen molar-refractivity contribution in [2.75, 3.05) is 49.6 Å². The molecule has 214 valence electrons. The van der Waals surface area contributed by atoms with Crippen molar-refractivity contribution in [3.8, 4) is 6.01 Å². The summed E-state index contributed by atoms with van der Waals surface area (Å²) in [7, 11) is 2.18. The number of para-hydroxylation sites is 1. The Morgan fingerprint density at radius 2 is 1.88 bits per heavy atom. The smallest absolute Gasteiger partial charge is 0.318 e. The molecule has 0 bridgehead atoms. The van der Waals surface area contributed by atoms with Crippen LogP contribution in [-0.4, -0.2) is 89.7 Å². The number of likely N-dealkylation sites (tertiary alicyclic amines) is 1. The fourth-order valence-electron chi connectivity index (χ4n) is 7.45. The molecule has 0 saturated carbocycles. The highest BCUT2D eigenvalue weighted by atomic mass is 16.5. The zero-order valence-electron chi connectivity index (χ0n) is 24.4. The van der Waals surface area contributed by atoms with E-state index in [-0.39, 0.29) is 18.0 Å². The van der Waals surface area contributed by atoms with Gasteiger partial charge in [-0.25, -0.2) is 0 Å². The molecule has 8 nitrogen and oxygen atoms in total. The summed E-state index contributed by atoms with van der Waals surface area (Å²) in [4.78, 5) is 31.9. The van der Waals surface area contributed by atoms with Crippen LogP contribution >= 0.6 is 0 Å². The number of amides is 1. The molecule has 1 amide bonds. The van der Waals surface area contributed by atoms with Crippen LogP contribution in [-0.2, 0) is 24.1 Å². The predicted octanol–water partition coefficient (Wildman–Crippen LogP) is 3.87. The van der Waals surface area contributed by atoms with Crippen LogP contribution in [0.3, 0.4) is 0 Å². The quantitative estimate of drug-likeness (QED) is 0.512. The Morgan fingerprint density at radius 1 is 1.07 bits per heavy atom. The fraction of sp³-hybridized carbons (Fsp3) is 0.594. The Balaban J connectivity index is 1.31. The minimum Gasteiger partial charge on any atom is -0.462 e. The van der Waals surface area contributed by atoms with Crippen molar-refractivity contribution in [2.45, 2.75) is 83.0 Å². The molecular formula is C32H44N6O2. The van der Waals surface area contributed by atoms with E-state index >= 15 is 0 Å². The maximum absolute atomic E-state index is 12.4. The topological polar surface area (TPSA) is 65.0 Å². The van der Waals surface area contributed by atoms with E-state index in [1.54, 1.807) is 0 Å². The summed E-state index contributed by atoms with van der Waals surface area (Å²) < 4.78 is 6.36. The van der Waals surface area contributed by atoms with Gasteiger partial charge in [0.1, 0.15) is 12.4 Å². The largest absolute Gasteiger partial charge is 0.462 e. The summed E-state index contributed by atoms with van der Waals surface area (Å²) in [5, 5.41) is 0. The van der Waals surface area contributed by atoms with Gasteiger partial charge in [0, 0.05) is 61.5 Å². The third-order valence-corrected chi connectivity index (χ3v) is 9.52. The van der Waals surface area contributed by atoms with Gasteiger partial charge in [-0.2, -0.15) is 9.97 Å². The molecule has 4 aliphatic rings. The first-order valence-corrected chi connectivity index (χ1v) is 15.2. The molecule has 2 fully saturated rings. The number of anilines is 2. The number of benzene rings is 1. The molecule has 1 aromatic carbocycles. The van der Waals surface area contributed by atoms with Crippen LogP contribution in [0.5, 0.6) is 6.01 Å². The first-order valence-electron chi connectivity index (χ1n) is 15.2. The molecule has 2 aromatic rings. The number of nitrogens with zero attached hydrogens (tertiary/aromatic N) is 6. The minimum atomic E-state index is -0.00238. The van der Waals surface area contributed by atoms with Crippen LogP contribution in [0.2, 0.25) is 0 Å². The lowest BCUT2D eigenvalue weighted by atomic mass is 9.88. The molecule has 8 heteroatoms. The van der Waals surface area contributed by atoms with E-state index in [0.717, 1.165) is 56.7 Å². The number of aromatic nitrogens is 2. The maximum Gasteiger partial charge on any atom is 0.318 e. The first kappa shape index (κ1) is 27.1. The fourth-order valence-corrected chi connectivity index (χ4v) is 7.45. The molecule has 4 atom stereocenters. The number of carbonyl (C=O) groups excluding carboxylic acids is 1. The molecule has 3 aliphatic heterocycles. The van der Waals surface area contributed by atoms with Gasteiger partial charge in [-0.15, -0.1) is 0 Å². The van der Waals surface area contributed by atoms with E-state index < -0.39 is 0 Å². The summed E-state index contributed by atoms with van der Waals surface area (Å²) in [6, 6.07) is 10.5. The third-order valence-electron chi connectivity index (χ3n) is 9.52. The average Bonchev–Trinajstić information content (AvgIpc) is 3.38. The summed E-state index contributed by atoms with van der Waals surface area (Å²) in [5.41, 5.74) is 5.24. The normalized spacial score (nSPS) is 26.8. The van der Waals surface area contributed by atoms with E-state index in [0.29, 0.717) is 37.8 Å². The lowest BCUT2D eigenvalue weighted by Crippen LogP contribution is -2.58. The molecule has 0 N–H and O–H groups in total. The van der Waals surface area contributed by atoms with Gasteiger partial charge in [0.05, 0.1) is 5.69 Å². The molecule has 1 aliphatic carbocycles. The highest BCUT2D eigenvalue weighted by molar-refractivity contribution is 5.87. The maximum atomic E-state index is 12.4. The predicted molar refractivity (Wildman–Crippen MR) is 159 cm³/mol. The number of likely N-dealkylation sites (N-methyl/N-ethyl adjacent to an activating group) is 1. The van der Waals surface area contributed by atoms with Gasteiger partial charge in [0.2, 0.25) is 5.91 Å². The Morgan fingerprint density at radius 3 is 2.62 bits per heavy atom. The zero-order valence-corrected chi connectivity index (χ0v) is 24.4. The van der Waals surface area contributed by atoms with Crippen LogP contribution in [0.4, 0.5) is 11.5 Å². The highest BCUT2D eigenvalue weighted by Gasteiger charge is 2.37. The van der Waals surface area contributed by atoms with Crippen molar-refractivity contribution >= 4 is 17.4 Å². The number of hydrogen-bond acceptors (Lipinski definition) is 7. The first-order chi connectivity index (χ1) is 19.4. The number of hydrogen-bond donors (Lipinski definition) is 0. The zero-order chi connectivity index (χ0) is 27.8. The monoisotopic (exact) mass is 544 g/mol. The van der Waals surface area contributed by atoms with Crippen molar-refractivity contribution in [1.82, 2.24) is 19.8 Å². The van der Waals surface area contributed by atoms with Gasteiger partial charge in [-0.3, -0.25) is 4.79 Å². The molecule has 0 unspecified atom stereocenters. The summed E-state index contributed by atoms with van der Waals surface area (Å²) in [5.74, 6) is 1.00. The van der Waals surface area contributed by atoms with Gasteiger partial charge in [0.25, 0.3) is 0 Å². The molecule has 1 aromatic heterocycles. The number of fused-ring (bicyclic) bond motifs is 2. The Kier molecular flexibility index (Phi) is 7.71. The van der Waals surface area contributed by atoms with E-state index in [1.165, 1.54) is 35.7 Å². The molecule has 0 radical (unpaired) electrons. The highest BCUT2D eigenvalue weighted by Crippen LogP contribution is 2.37. The van der Waals surface area contributed by atoms with Gasteiger partial charge < -0.3 is 24.3 Å². The van der Waals surface area contributed by atoms with Gasteiger partial charge in [-0.05, 0) is 83.7 Å². The number of piperazine rings is 1. The summed E-state index contributed by atoms with van der Waals surface area (Å²) in [6.45, 7) is 12.2. The SMILES string of the molecule is C=CC(=O)N1C[C@H](C)N(c2nc(OC[C@@H]3CCCN3C)nc3c2CC[C@H](N2CCCc4ccccc42)C3)[C@@H](C)C1. The van der Waals surface area contributed by atoms with Crippen molar-refractivity contribution in [3.63, 3.8) is 0 Å². The van der Waals surface area contributed by atoms with E-state index in [4.69, 9.17) is 14.7 Å². The van der Waals surface area contributed by atoms with Gasteiger partial charge >= 0.3 is 6.01 Å². The van der Waals surface area contributed by atoms with Gasteiger partial charge in [-0.1, -0.05) is 24.8 Å². The Labute approximate surface area is 239 Å². The van der Waals surface area contributed by atoms with Crippen LogP contribution < -0.4 is 14.5 Å². The number of rotatable bonds is 6. The van der Waals surface area contributed by atoms with Crippen molar-refractivity contribution in [2.24, 2.45) is 0 Å². The second-order valence-corrected chi connectivity index (χ2v) is 12.2. The number of carbonyl (C=O) groups is 1.